The molecular weight excluding hydrogens is 459 g/mol. The number of nitrogens with zero attached hydrogens (tertiary/aromatic N) is 1. The summed E-state index contributed by atoms with van der Waals surface area (Å²) in [5.74, 6) is -1.08. The Hall–Kier alpha value is -3.40. The van der Waals surface area contributed by atoms with Crippen LogP contribution in [0.15, 0.2) is 63.7 Å². The summed E-state index contributed by atoms with van der Waals surface area (Å²) in [6.07, 6.45) is -3.01. The number of hydrogen-bond donors (Lipinski definition) is 2. The first-order valence-corrected chi connectivity index (χ1v) is 10.7. The van der Waals surface area contributed by atoms with Crippen LogP contribution in [0.5, 0.6) is 11.5 Å². The number of ether oxygens (including phenoxy) is 2. The molecule has 0 unspecified atom stereocenters. The number of phenolic OH excluding ortho intramolecular Hbond substituents is 1. The molecule has 2 aromatic carbocycles. The van der Waals surface area contributed by atoms with Crippen molar-refractivity contribution in [1.29, 1.82) is 0 Å². The van der Waals surface area contributed by atoms with E-state index in [4.69, 9.17) is 9.47 Å². The molecule has 2 N–H and O–H groups in total. The molecule has 0 aromatic heterocycles. The Labute approximate surface area is 192 Å². The van der Waals surface area contributed by atoms with Crippen LogP contribution in [0.25, 0.3) is 6.08 Å². The highest BCUT2D eigenvalue weighted by Crippen LogP contribution is 2.41. The fourth-order valence-electron chi connectivity index (χ4n) is 2.90. The van der Waals surface area contributed by atoms with Gasteiger partial charge in [-0.05, 0) is 55.8 Å². The van der Waals surface area contributed by atoms with Crippen LogP contribution in [0.4, 0.5) is 18.9 Å². The number of phenols is 1. The van der Waals surface area contributed by atoms with Crippen molar-refractivity contribution in [3.05, 3.63) is 69.8 Å². The smallest absolute Gasteiger partial charge is 0.416 e. The van der Waals surface area contributed by atoms with Gasteiger partial charge in [0.15, 0.2) is 11.5 Å². The predicted molar refractivity (Wildman–Crippen MR) is 120 cm³/mol. The van der Waals surface area contributed by atoms with Crippen LogP contribution >= 0.6 is 11.8 Å². The first-order valence-electron chi connectivity index (χ1n) is 9.86. The second kappa shape index (κ2) is 10.0. The topological polar surface area (TPSA) is 88.4 Å². The highest BCUT2D eigenvalue weighted by Gasteiger charge is 2.34. The van der Waals surface area contributed by atoms with Crippen molar-refractivity contribution in [3.63, 3.8) is 0 Å². The van der Waals surface area contributed by atoms with E-state index >= 15 is 0 Å². The Kier molecular flexibility index (Phi) is 7.37. The van der Waals surface area contributed by atoms with Gasteiger partial charge in [-0.15, -0.1) is 0 Å². The van der Waals surface area contributed by atoms with Crippen molar-refractivity contribution in [2.24, 2.45) is 4.99 Å². The molecule has 174 valence electrons. The number of halogens is 3. The number of aliphatic hydroxyl groups is 1. The second-order valence-electron chi connectivity index (χ2n) is 6.68. The molecule has 0 fully saturated rings. The van der Waals surface area contributed by atoms with Crippen LogP contribution in [-0.4, -0.2) is 34.4 Å². The number of esters is 1. The lowest BCUT2D eigenvalue weighted by Gasteiger charge is -2.07. The molecule has 2 aromatic rings. The standard InChI is InChI=1S/C23H20F3NO5S/c1-3-31-17-10-13(8-9-16(17)28)11-18-20(29)19(22(30)32-4-2)21(33-18)27-15-7-5-6-14(12-15)23(24,25)26/h5-12,28-29H,3-4H2,1-2H3. The molecule has 0 bridgehead atoms. The van der Waals surface area contributed by atoms with Gasteiger partial charge in [0.05, 0.1) is 29.4 Å². The largest absolute Gasteiger partial charge is 0.506 e. The fourth-order valence-corrected chi connectivity index (χ4v) is 3.94. The maximum Gasteiger partial charge on any atom is 0.416 e. The number of alkyl halides is 3. The summed E-state index contributed by atoms with van der Waals surface area (Å²) in [6.45, 7) is 3.71. The molecule has 0 spiro atoms. The summed E-state index contributed by atoms with van der Waals surface area (Å²) >= 11 is 0.909. The van der Waals surface area contributed by atoms with Crippen LogP contribution in [-0.2, 0) is 15.7 Å². The average Bonchev–Trinajstić information content (AvgIpc) is 3.05. The van der Waals surface area contributed by atoms with Crippen molar-refractivity contribution in [2.45, 2.75) is 20.0 Å². The lowest BCUT2D eigenvalue weighted by molar-refractivity contribution is -0.138. The molecule has 0 atom stereocenters. The zero-order valence-corrected chi connectivity index (χ0v) is 18.5. The van der Waals surface area contributed by atoms with Gasteiger partial charge in [-0.3, -0.25) is 0 Å². The van der Waals surface area contributed by atoms with E-state index in [0.717, 1.165) is 23.9 Å². The molecule has 1 aliphatic heterocycles. The number of carbonyl (C=O) groups excluding carboxylic acids is 1. The molecule has 0 amide bonds. The summed E-state index contributed by atoms with van der Waals surface area (Å²) in [4.78, 5) is 16.9. The maximum absolute atomic E-state index is 13.1. The summed E-state index contributed by atoms with van der Waals surface area (Å²) < 4.78 is 49.5. The van der Waals surface area contributed by atoms with E-state index in [0.29, 0.717) is 12.2 Å². The molecule has 3 rings (SSSR count). The van der Waals surface area contributed by atoms with Crippen LogP contribution in [0.3, 0.4) is 0 Å². The van der Waals surface area contributed by atoms with Crippen molar-refractivity contribution in [2.75, 3.05) is 13.2 Å². The van der Waals surface area contributed by atoms with E-state index in [1.807, 2.05) is 0 Å². The predicted octanol–water partition coefficient (Wildman–Crippen LogP) is 6.00. The minimum atomic E-state index is -4.55. The van der Waals surface area contributed by atoms with E-state index in [1.54, 1.807) is 26.0 Å². The average molecular weight is 479 g/mol. The number of carbonyl (C=O) groups is 1. The van der Waals surface area contributed by atoms with Gasteiger partial charge in [0.1, 0.15) is 16.4 Å². The van der Waals surface area contributed by atoms with Gasteiger partial charge in [-0.1, -0.05) is 23.9 Å². The van der Waals surface area contributed by atoms with Crippen LogP contribution < -0.4 is 4.74 Å². The number of thioether (sulfide) groups is 1. The second-order valence-corrected chi connectivity index (χ2v) is 7.71. The highest BCUT2D eigenvalue weighted by atomic mass is 32.2. The molecule has 6 nitrogen and oxygen atoms in total. The van der Waals surface area contributed by atoms with Crippen molar-refractivity contribution in [3.8, 4) is 11.5 Å². The van der Waals surface area contributed by atoms with Gasteiger partial charge in [0.25, 0.3) is 0 Å². The first kappa shape index (κ1) is 24.2. The van der Waals surface area contributed by atoms with Crippen LogP contribution in [0, 0.1) is 0 Å². The normalized spacial score (nSPS) is 16.5. The first-order chi connectivity index (χ1) is 15.6. The monoisotopic (exact) mass is 479 g/mol. The molecule has 1 aliphatic rings. The molecule has 0 saturated carbocycles. The molecule has 1 heterocycles. The summed E-state index contributed by atoms with van der Waals surface area (Å²) in [5, 5.41) is 20.6. The van der Waals surface area contributed by atoms with E-state index in [-0.39, 0.29) is 39.3 Å². The molecule has 0 aliphatic carbocycles. The summed E-state index contributed by atoms with van der Waals surface area (Å²) in [6, 6.07) is 8.87. The van der Waals surface area contributed by atoms with Gasteiger partial charge in [-0.2, -0.15) is 13.2 Å². The molecular formula is C23H20F3NO5S. The summed E-state index contributed by atoms with van der Waals surface area (Å²) in [7, 11) is 0. The van der Waals surface area contributed by atoms with Crippen molar-refractivity contribution < 1.29 is 37.7 Å². The number of rotatable bonds is 6. The third-order valence-corrected chi connectivity index (χ3v) is 5.38. The Morgan fingerprint density at radius 2 is 1.88 bits per heavy atom. The molecule has 33 heavy (non-hydrogen) atoms. The van der Waals surface area contributed by atoms with E-state index in [1.165, 1.54) is 24.3 Å². The van der Waals surface area contributed by atoms with Gasteiger partial charge < -0.3 is 19.7 Å². The fraction of sp³-hybridized carbons (Fsp3) is 0.217. The zero-order chi connectivity index (χ0) is 24.2. The Bertz CT molecular complexity index is 1160. The van der Waals surface area contributed by atoms with Crippen LogP contribution in [0.1, 0.15) is 25.0 Å². The summed E-state index contributed by atoms with van der Waals surface area (Å²) in [5.41, 5.74) is -0.615. The zero-order valence-electron chi connectivity index (χ0n) is 17.6. The number of aliphatic imine (C=N–C) groups is 1. The van der Waals surface area contributed by atoms with Gasteiger partial charge in [0, 0.05) is 0 Å². The lowest BCUT2D eigenvalue weighted by atomic mass is 10.1. The SMILES string of the molecule is CCOC(=O)C1=C(O)C(=Cc2ccc(O)c(OCC)c2)SC1=Nc1cccc(C(F)(F)F)c1. The van der Waals surface area contributed by atoms with Crippen molar-refractivity contribution >= 4 is 34.5 Å². The van der Waals surface area contributed by atoms with Crippen molar-refractivity contribution in [1.82, 2.24) is 0 Å². The highest BCUT2D eigenvalue weighted by molar-refractivity contribution is 8.18. The number of aromatic hydroxyl groups is 1. The third kappa shape index (κ3) is 5.70. The lowest BCUT2D eigenvalue weighted by Crippen LogP contribution is -2.13. The minimum absolute atomic E-state index is 0.000310. The Balaban J connectivity index is 2.05. The number of aliphatic hydroxyl groups excluding tert-OH is 1. The maximum atomic E-state index is 13.1. The van der Waals surface area contributed by atoms with Crippen LogP contribution in [0.2, 0.25) is 0 Å². The van der Waals surface area contributed by atoms with Gasteiger partial charge >= 0.3 is 12.1 Å². The number of benzene rings is 2. The third-order valence-electron chi connectivity index (χ3n) is 4.36. The van der Waals surface area contributed by atoms with E-state index < -0.39 is 23.5 Å². The number of hydrogen-bond acceptors (Lipinski definition) is 7. The molecule has 0 saturated heterocycles. The Morgan fingerprint density at radius 1 is 1.12 bits per heavy atom. The van der Waals surface area contributed by atoms with Gasteiger partial charge in [0.2, 0.25) is 0 Å². The quantitative estimate of drug-likeness (QED) is 0.494. The van der Waals surface area contributed by atoms with E-state index in [2.05, 4.69) is 4.99 Å². The van der Waals surface area contributed by atoms with E-state index in [9.17, 15) is 28.2 Å². The van der Waals surface area contributed by atoms with Gasteiger partial charge in [-0.25, -0.2) is 9.79 Å². The minimum Gasteiger partial charge on any atom is -0.506 e. The molecule has 10 heteroatoms. The Morgan fingerprint density at radius 3 is 2.55 bits per heavy atom. The molecule has 0 radical (unpaired) electrons.